The molecule has 0 aromatic heterocycles. The molecule has 1 aromatic rings. The highest BCUT2D eigenvalue weighted by Gasteiger charge is 2.24. The van der Waals surface area contributed by atoms with Gasteiger partial charge in [0, 0.05) is 20.1 Å². The van der Waals surface area contributed by atoms with Gasteiger partial charge in [-0.05, 0) is 36.4 Å². The van der Waals surface area contributed by atoms with E-state index in [9.17, 15) is 0 Å². The van der Waals surface area contributed by atoms with Crippen LogP contribution in [-0.4, -0.2) is 33.8 Å². The van der Waals surface area contributed by atoms with Crippen molar-refractivity contribution in [2.75, 3.05) is 38.7 Å². The molecule has 0 amide bonds. The van der Waals surface area contributed by atoms with Gasteiger partial charge in [-0.3, -0.25) is 0 Å². The summed E-state index contributed by atoms with van der Waals surface area (Å²) >= 11 is 0. The fourth-order valence-electron chi connectivity index (χ4n) is 2.56. The van der Waals surface area contributed by atoms with Crippen molar-refractivity contribution in [3.63, 3.8) is 0 Å². The maximum atomic E-state index is 5.47. The van der Waals surface area contributed by atoms with Crippen LogP contribution >= 0.6 is 0 Å². The molecule has 1 atom stereocenters. The van der Waals surface area contributed by atoms with Gasteiger partial charge in [-0.15, -0.1) is 0 Å². The SMILES string of the molecule is CCC(C)(CNCC(C)C)CN(C)c1ccccc1OC. The first-order chi connectivity index (χ1) is 9.91. The van der Waals surface area contributed by atoms with Gasteiger partial charge in [0.25, 0.3) is 0 Å². The molecule has 1 aromatic carbocycles. The van der Waals surface area contributed by atoms with Gasteiger partial charge in [-0.25, -0.2) is 0 Å². The van der Waals surface area contributed by atoms with Crippen molar-refractivity contribution in [2.45, 2.75) is 34.1 Å². The molecular weight excluding hydrogens is 260 g/mol. The van der Waals surface area contributed by atoms with Crippen molar-refractivity contribution in [1.29, 1.82) is 0 Å². The molecule has 3 heteroatoms. The third kappa shape index (κ3) is 5.58. The minimum Gasteiger partial charge on any atom is -0.495 e. The van der Waals surface area contributed by atoms with E-state index in [1.54, 1.807) is 7.11 Å². The summed E-state index contributed by atoms with van der Waals surface area (Å²) in [4.78, 5) is 2.30. The first-order valence-corrected chi connectivity index (χ1v) is 7.96. The number of ether oxygens (including phenoxy) is 1. The molecule has 0 bridgehead atoms. The van der Waals surface area contributed by atoms with E-state index >= 15 is 0 Å². The van der Waals surface area contributed by atoms with Crippen LogP contribution in [0.2, 0.25) is 0 Å². The zero-order valence-corrected chi connectivity index (χ0v) is 14.6. The summed E-state index contributed by atoms with van der Waals surface area (Å²) < 4.78 is 5.47. The predicted octanol–water partition coefficient (Wildman–Crippen LogP) is 3.79. The Morgan fingerprint density at radius 1 is 1.29 bits per heavy atom. The van der Waals surface area contributed by atoms with Gasteiger partial charge in [-0.1, -0.05) is 39.8 Å². The monoisotopic (exact) mass is 292 g/mol. The molecule has 0 radical (unpaired) electrons. The van der Waals surface area contributed by atoms with Crippen molar-refractivity contribution in [3.8, 4) is 5.75 Å². The zero-order valence-electron chi connectivity index (χ0n) is 14.6. The van der Waals surface area contributed by atoms with Gasteiger partial charge in [0.15, 0.2) is 0 Å². The lowest BCUT2D eigenvalue weighted by Gasteiger charge is -2.35. The van der Waals surface area contributed by atoms with E-state index in [0.717, 1.165) is 37.5 Å². The summed E-state index contributed by atoms with van der Waals surface area (Å²) in [5.74, 6) is 1.63. The standard InChI is InChI=1S/C18H32N2O/c1-7-18(4,13-19-12-15(2)3)14-20(5)16-10-8-9-11-17(16)21-6/h8-11,15,19H,7,12-14H2,1-6H3. The Bertz CT molecular complexity index is 419. The Kier molecular flexibility index (Phi) is 7.03. The highest BCUT2D eigenvalue weighted by molar-refractivity contribution is 5.57. The molecule has 0 aliphatic carbocycles. The molecule has 3 nitrogen and oxygen atoms in total. The number of rotatable bonds is 9. The summed E-state index contributed by atoms with van der Waals surface area (Å²) in [6.45, 7) is 12.2. The summed E-state index contributed by atoms with van der Waals surface area (Å²) in [5, 5.41) is 3.60. The lowest BCUT2D eigenvalue weighted by molar-refractivity contribution is 0.293. The summed E-state index contributed by atoms with van der Waals surface area (Å²) in [5.41, 5.74) is 1.41. The number of hydrogen-bond donors (Lipinski definition) is 1. The van der Waals surface area contributed by atoms with Crippen molar-refractivity contribution < 1.29 is 4.74 Å². The van der Waals surface area contributed by atoms with Crippen molar-refractivity contribution >= 4 is 5.69 Å². The summed E-state index contributed by atoms with van der Waals surface area (Å²) in [7, 11) is 3.88. The second-order valence-corrected chi connectivity index (χ2v) is 6.72. The first-order valence-electron chi connectivity index (χ1n) is 7.96. The van der Waals surface area contributed by atoms with Gasteiger partial charge in [0.2, 0.25) is 0 Å². The molecule has 0 aliphatic rings. The average molecular weight is 292 g/mol. The second kappa shape index (κ2) is 8.28. The second-order valence-electron chi connectivity index (χ2n) is 6.72. The molecule has 0 fully saturated rings. The van der Waals surface area contributed by atoms with E-state index in [-0.39, 0.29) is 5.41 Å². The smallest absolute Gasteiger partial charge is 0.142 e. The molecule has 1 N–H and O–H groups in total. The molecule has 1 unspecified atom stereocenters. The first kappa shape index (κ1) is 17.8. The largest absolute Gasteiger partial charge is 0.495 e. The fourth-order valence-corrected chi connectivity index (χ4v) is 2.56. The highest BCUT2D eigenvalue weighted by Crippen LogP contribution is 2.30. The van der Waals surface area contributed by atoms with E-state index in [2.05, 4.69) is 57.1 Å². The number of nitrogens with one attached hydrogen (secondary N) is 1. The van der Waals surface area contributed by atoms with Crippen LogP contribution in [0.4, 0.5) is 5.69 Å². The Hall–Kier alpha value is -1.22. The van der Waals surface area contributed by atoms with Crippen LogP contribution in [0.1, 0.15) is 34.1 Å². The van der Waals surface area contributed by atoms with E-state index in [0.29, 0.717) is 5.92 Å². The zero-order chi connectivity index (χ0) is 15.9. The van der Waals surface area contributed by atoms with E-state index in [1.807, 2.05) is 12.1 Å². The highest BCUT2D eigenvalue weighted by atomic mass is 16.5. The Balaban J connectivity index is 2.70. The number of para-hydroxylation sites is 2. The predicted molar refractivity (Wildman–Crippen MR) is 92.4 cm³/mol. The number of nitrogens with zero attached hydrogens (tertiary/aromatic N) is 1. The Morgan fingerprint density at radius 2 is 1.95 bits per heavy atom. The molecule has 0 saturated carbocycles. The van der Waals surface area contributed by atoms with Crippen LogP contribution < -0.4 is 15.0 Å². The van der Waals surface area contributed by atoms with Crippen LogP contribution in [0.3, 0.4) is 0 Å². The lowest BCUT2D eigenvalue weighted by atomic mass is 9.86. The quantitative estimate of drug-likeness (QED) is 0.749. The van der Waals surface area contributed by atoms with Gasteiger partial charge in [0.1, 0.15) is 5.75 Å². The van der Waals surface area contributed by atoms with Crippen LogP contribution in [0.15, 0.2) is 24.3 Å². The lowest BCUT2D eigenvalue weighted by Crippen LogP contribution is -2.41. The minimum atomic E-state index is 0.254. The van der Waals surface area contributed by atoms with Crippen LogP contribution in [0.5, 0.6) is 5.75 Å². The topological polar surface area (TPSA) is 24.5 Å². The third-order valence-corrected chi connectivity index (χ3v) is 4.07. The molecule has 21 heavy (non-hydrogen) atoms. The molecule has 0 heterocycles. The van der Waals surface area contributed by atoms with Crippen LogP contribution in [0, 0.1) is 11.3 Å². The minimum absolute atomic E-state index is 0.254. The van der Waals surface area contributed by atoms with Crippen molar-refractivity contribution in [2.24, 2.45) is 11.3 Å². The third-order valence-electron chi connectivity index (χ3n) is 4.07. The fraction of sp³-hybridized carbons (Fsp3) is 0.667. The van der Waals surface area contributed by atoms with Gasteiger partial charge >= 0.3 is 0 Å². The van der Waals surface area contributed by atoms with E-state index in [4.69, 9.17) is 4.74 Å². The molecule has 0 aliphatic heterocycles. The van der Waals surface area contributed by atoms with E-state index < -0.39 is 0 Å². The van der Waals surface area contributed by atoms with Crippen LogP contribution in [0.25, 0.3) is 0 Å². The van der Waals surface area contributed by atoms with Gasteiger partial charge < -0.3 is 15.0 Å². The Morgan fingerprint density at radius 3 is 2.52 bits per heavy atom. The summed E-state index contributed by atoms with van der Waals surface area (Å²) in [6, 6.07) is 8.22. The van der Waals surface area contributed by atoms with E-state index in [1.165, 1.54) is 0 Å². The maximum absolute atomic E-state index is 5.47. The molecule has 0 saturated heterocycles. The van der Waals surface area contributed by atoms with Gasteiger partial charge in [-0.2, -0.15) is 0 Å². The van der Waals surface area contributed by atoms with Gasteiger partial charge in [0.05, 0.1) is 12.8 Å². The molecular formula is C18H32N2O. The number of benzene rings is 1. The summed E-state index contributed by atoms with van der Waals surface area (Å²) in [6.07, 6.45) is 1.15. The molecule has 0 spiro atoms. The molecule has 1 rings (SSSR count). The Labute approximate surface area is 130 Å². The number of hydrogen-bond acceptors (Lipinski definition) is 3. The molecule has 120 valence electrons. The average Bonchev–Trinajstić information content (AvgIpc) is 2.46. The number of methoxy groups -OCH3 is 1. The normalized spacial score (nSPS) is 14.0. The van der Waals surface area contributed by atoms with Crippen LogP contribution in [-0.2, 0) is 0 Å². The maximum Gasteiger partial charge on any atom is 0.142 e. The van der Waals surface area contributed by atoms with Crippen molar-refractivity contribution in [3.05, 3.63) is 24.3 Å². The number of anilines is 1. The van der Waals surface area contributed by atoms with Crippen molar-refractivity contribution in [1.82, 2.24) is 5.32 Å².